The monoisotopic (exact) mass is 228 g/mol. The van der Waals surface area contributed by atoms with E-state index in [4.69, 9.17) is 0 Å². The van der Waals surface area contributed by atoms with Crippen LogP contribution in [0.1, 0.15) is 25.7 Å². The minimum Gasteiger partial charge on any atom is -0.317 e. The molecule has 4 N–H and O–H groups in total. The average molecular weight is 228 g/mol. The van der Waals surface area contributed by atoms with E-state index >= 15 is 0 Å². The molecule has 0 aromatic rings. The zero-order valence-electron chi connectivity index (χ0n) is 10.5. The van der Waals surface area contributed by atoms with Crippen LogP contribution in [0.25, 0.3) is 0 Å². The van der Waals surface area contributed by atoms with E-state index in [1.165, 1.54) is 32.2 Å². The van der Waals surface area contributed by atoms with Crippen LogP contribution in [0.4, 0.5) is 0 Å². The predicted octanol–water partition coefficient (Wildman–Crippen LogP) is -0.0812. The first-order chi connectivity index (χ1) is 8.00. The van der Waals surface area contributed by atoms with Gasteiger partial charge in [0, 0.05) is 13.1 Å². The summed E-state index contributed by atoms with van der Waals surface area (Å²) in [5.74, 6) is 0. The maximum atomic E-state index is 3.49. The first kappa shape index (κ1) is 13.9. The van der Waals surface area contributed by atoms with Crippen molar-refractivity contribution in [3.8, 4) is 0 Å². The summed E-state index contributed by atoms with van der Waals surface area (Å²) < 4.78 is 0. The molecule has 0 aromatic carbocycles. The van der Waals surface area contributed by atoms with Crippen LogP contribution in [-0.4, -0.2) is 52.4 Å². The van der Waals surface area contributed by atoms with Crippen molar-refractivity contribution in [2.24, 2.45) is 0 Å². The maximum absolute atomic E-state index is 3.49. The molecule has 0 amide bonds. The maximum Gasteiger partial charge on any atom is 0.00767 e. The molecule has 1 saturated heterocycles. The molecule has 1 rings (SSSR count). The fraction of sp³-hybridized carbons (Fsp3) is 1.00. The third-order valence-corrected chi connectivity index (χ3v) is 2.85. The third kappa shape index (κ3) is 9.09. The van der Waals surface area contributed by atoms with Gasteiger partial charge in [0.05, 0.1) is 0 Å². The van der Waals surface area contributed by atoms with Crippen molar-refractivity contribution in [2.75, 3.05) is 52.4 Å². The van der Waals surface area contributed by atoms with Crippen molar-refractivity contribution in [1.29, 1.82) is 0 Å². The summed E-state index contributed by atoms with van der Waals surface area (Å²) in [7, 11) is 0. The Labute approximate surface area is 99.9 Å². The van der Waals surface area contributed by atoms with E-state index in [-0.39, 0.29) is 0 Å². The van der Waals surface area contributed by atoms with Gasteiger partial charge < -0.3 is 21.3 Å². The van der Waals surface area contributed by atoms with E-state index in [1.807, 2.05) is 0 Å². The first-order valence-electron chi connectivity index (χ1n) is 6.83. The highest BCUT2D eigenvalue weighted by molar-refractivity contribution is 4.58. The Kier molecular flexibility index (Phi) is 9.84. The molecule has 0 aromatic heterocycles. The van der Waals surface area contributed by atoms with Crippen LogP contribution in [0.3, 0.4) is 0 Å². The summed E-state index contributed by atoms with van der Waals surface area (Å²) in [6.45, 7) is 9.09. The van der Waals surface area contributed by atoms with Crippen molar-refractivity contribution in [2.45, 2.75) is 25.7 Å². The van der Waals surface area contributed by atoms with Gasteiger partial charge in [-0.2, -0.15) is 0 Å². The molecule has 1 aliphatic rings. The van der Waals surface area contributed by atoms with E-state index in [1.54, 1.807) is 0 Å². The van der Waals surface area contributed by atoms with Gasteiger partial charge in [-0.15, -0.1) is 0 Å². The molecule has 0 spiro atoms. The predicted molar refractivity (Wildman–Crippen MR) is 69.9 cm³/mol. The van der Waals surface area contributed by atoms with Crippen LogP contribution in [0.15, 0.2) is 0 Å². The molecule has 0 atom stereocenters. The molecule has 0 radical (unpaired) electrons. The SMILES string of the molecule is C1CCNCCNCCCNCCCNC1. The Morgan fingerprint density at radius 3 is 1.06 bits per heavy atom. The zero-order valence-corrected chi connectivity index (χ0v) is 10.5. The van der Waals surface area contributed by atoms with Crippen LogP contribution in [0.2, 0.25) is 0 Å². The van der Waals surface area contributed by atoms with Gasteiger partial charge in [0.25, 0.3) is 0 Å². The number of rotatable bonds is 0. The van der Waals surface area contributed by atoms with Crippen LogP contribution < -0.4 is 21.3 Å². The van der Waals surface area contributed by atoms with Crippen molar-refractivity contribution in [3.63, 3.8) is 0 Å². The fourth-order valence-corrected chi connectivity index (χ4v) is 1.85. The van der Waals surface area contributed by atoms with Gasteiger partial charge in [0.1, 0.15) is 0 Å². The van der Waals surface area contributed by atoms with Crippen molar-refractivity contribution >= 4 is 0 Å². The van der Waals surface area contributed by atoms with Crippen LogP contribution in [-0.2, 0) is 0 Å². The smallest absolute Gasteiger partial charge is 0.00767 e. The number of hydrogen-bond donors (Lipinski definition) is 4. The van der Waals surface area contributed by atoms with Crippen LogP contribution in [0, 0.1) is 0 Å². The molecule has 4 heteroatoms. The van der Waals surface area contributed by atoms with Gasteiger partial charge in [-0.25, -0.2) is 0 Å². The molecule has 96 valence electrons. The fourth-order valence-electron chi connectivity index (χ4n) is 1.85. The minimum absolute atomic E-state index is 1.10. The second-order valence-electron chi connectivity index (χ2n) is 4.41. The Hall–Kier alpha value is -0.160. The van der Waals surface area contributed by atoms with Crippen LogP contribution in [0.5, 0.6) is 0 Å². The molecule has 16 heavy (non-hydrogen) atoms. The molecular weight excluding hydrogens is 200 g/mol. The topological polar surface area (TPSA) is 48.1 Å². The van der Waals surface area contributed by atoms with E-state index in [0.29, 0.717) is 0 Å². The largest absolute Gasteiger partial charge is 0.317 e. The molecule has 0 unspecified atom stereocenters. The lowest BCUT2D eigenvalue weighted by Gasteiger charge is -2.09. The highest BCUT2D eigenvalue weighted by Gasteiger charge is 1.93. The number of nitrogens with one attached hydrogen (secondary N) is 4. The Morgan fingerprint density at radius 2 is 0.625 bits per heavy atom. The summed E-state index contributed by atoms with van der Waals surface area (Å²) in [6, 6.07) is 0. The lowest BCUT2D eigenvalue weighted by atomic mass is 10.3. The van der Waals surface area contributed by atoms with E-state index in [2.05, 4.69) is 21.3 Å². The molecular formula is C12H28N4. The first-order valence-corrected chi connectivity index (χ1v) is 6.83. The third-order valence-electron chi connectivity index (χ3n) is 2.85. The standard InChI is InChI=1S/C12H28N4/c1-2-6-15-11-12-16-10-4-9-14-8-3-7-13-5-1/h13-16H,1-12H2. The minimum atomic E-state index is 1.10. The second kappa shape index (κ2) is 11.3. The molecule has 4 nitrogen and oxygen atoms in total. The van der Waals surface area contributed by atoms with Gasteiger partial charge in [-0.3, -0.25) is 0 Å². The van der Waals surface area contributed by atoms with Crippen LogP contribution >= 0.6 is 0 Å². The van der Waals surface area contributed by atoms with Gasteiger partial charge >= 0.3 is 0 Å². The summed E-state index contributed by atoms with van der Waals surface area (Å²) in [4.78, 5) is 0. The normalized spacial score (nSPS) is 24.0. The van der Waals surface area contributed by atoms with E-state index < -0.39 is 0 Å². The molecule has 0 bridgehead atoms. The summed E-state index contributed by atoms with van der Waals surface area (Å²) in [5.41, 5.74) is 0. The van der Waals surface area contributed by atoms with Gasteiger partial charge in [0.2, 0.25) is 0 Å². The zero-order chi connectivity index (χ0) is 11.3. The molecule has 1 heterocycles. The highest BCUT2D eigenvalue weighted by atomic mass is 14.9. The van der Waals surface area contributed by atoms with E-state index in [9.17, 15) is 0 Å². The summed E-state index contributed by atoms with van der Waals surface area (Å²) >= 11 is 0. The molecule has 0 saturated carbocycles. The molecule has 1 aliphatic heterocycles. The van der Waals surface area contributed by atoms with Crippen molar-refractivity contribution in [1.82, 2.24) is 21.3 Å². The lowest BCUT2D eigenvalue weighted by molar-refractivity contribution is 0.527. The van der Waals surface area contributed by atoms with Gasteiger partial charge in [-0.05, 0) is 65.0 Å². The Bertz CT molecular complexity index is 77.0. The summed E-state index contributed by atoms with van der Waals surface area (Å²) in [6.07, 6.45) is 5.04. The Balaban J connectivity index is 2.00. The second-order valence-corrected chi connectivity index (χ2v) is 4.41. The molecule has 1 fully saturated rings. The molecule has 0 aliphatic carbocycles. The van der Waals surface area contributed by atoms with Gasteiger partial charge in [-0.1, -0.05) is 0 Å². The highest BCUT2D eigenvalue weighted by Crippen LogP contribution is 1.85. The quantitative estimate of drug-likeness (QED) is 0.468. The van der Waals surface area contributed by atoms with Gasteiger partial charge in [0.15, 0.2) is 0 Å². The summed E-state index contributed by atoms with van der Waals surface area (Å²) in [5, 5.41) is 13.9. The van der Waals surface area contributed by atoms with E-state index in [0.717, 1.165) is 45.8 Å². The lowest BCUT2D eigenvalue weighted by Crippen LogP contribution is -2.31. The average Bonchev–Trinajstić information content (AvgIpc) is 2.29. The number of hydrogen-bond acceptors (Lipinski definition) is 4. The van der Waals surface area contributed by atoms with Crippen molar-refractivity contribution < 1.29 is 0 Å². The Morgan fingerprint density at radius 1 is 0.312 bits per heavy atom. The van der Waals surface area contributed by atoms with Crippen molar-refractivity contribution in [3.05, 3.63) is 0 Å².